The van der Waals surface area contributed by atoms with Crippen LogP contribution >= 0.6 is 15.9 Å². The lowest BCUT2D eigenvalue weighted by Gasteiger charge is -2.20. The predicted molar refractivity (Wildman–Crippen MR) is 69.5 cm³/mol. The van der Waals surface area contributed by atoms with Gasteiger partial charge in [0, 0.05) is 31.5 Å². The van der Waals surface area contributed by atoms with E-state index in [0.29, 0.717) is 5.76 Å². The summed E-state index contributed by atoms with van der Waals surface area (Å²) in [4.78, 5) is 16.3. The van der Waals surface area contributed by atoms with Gasteiger partial charge < -0.3 is 14.2 Å². The zero-order valence-corrected chi connectivity index (χ0v) is 11.4. The molecule has 1 amide bonds. The zero-order valence-electron chi connectivity index (χ0n) is 9.77. The van der Waals surface area contributed by atoms with Crippen molar-refractivity contribution in [2.75, 3.05) is 38.1 Å². The third kappa shape index (κ3) is 3.33. The molecule has 1 aliphatic heterocycles. The highest BCUT2D eigenvalue weighted by atomic mass is 79.9. The number of rotatable bonds is 3. The lowest BCUT2D eigenvalue weighted by molar-refractivity contribution is 0.0730. The van der Waals surface area contributed by atoms with Gasteiger partial charge in [-0.25, -0.2) is 0 Å². The molecule has 0 aromatic carbocycles. The highest BCUT2D eigenvalue weighted by Crippen LogP contribution is 2.09. The van der Waals surface area contributed by atoms with Gasteiger partial charge in [0.25, 0.3) is 5.91 Å². The van der Waals surface area contributed by atoms with E-state index in [-0.39, 0.29) is 5.91 Å². The van der Waals surface area contributed by atoms with E-state index < -0.39 is 0 Å². The quantitative estimate of drug-likeness (QED) is 0.799. The van der Waals surface area contributed by atoms with Crippen LogP contribution in [0.5, 0.6) is 0 Å². The average Bonchev–Trinajstić information content (AvgIpc) is 2.76. The molecule has 1 fully saturated rings. The molecule has 0 bridgehead atoms. The minimum Gasteiger partial charge on any atom is -0.459 e. The van der Waals surface area contributed by atoms with Crippen molar-refractivity contribution in [2.45, 2.75) is 6.42 Å². The lowest BCUT2D eigenvalue weighted by atomic mass is 10.3. The number of amides is 1. The monoisotopic (exact) mass is 300 g/mol. The van der Waals surface area contributed by atoms with E-state index in [1.165, 1.54) is 0 Å². The van der Waals surface area contributed by atoms with Crippen molar-refractivity contribution >= 4 is 21.8 Å². The molecule has 1 aliphatic rings. The van der Waals surface area contributed by atoms with Crippen LogP contribution in [0.15, 0.2) is 22.8 Å². The van der Waals surface area contributed by atoms with Crippen molar-refractivity contribution in [3.63, 3.8) is 0 Å². The number of carbonyl (C=O) groups excluding carboxylic acids is 1. The van der Waals surface area contributed by atoms with Gasteiger partial charge in [-0.05, 0) is 25.1 Å². The molecular weight excluding hydrogens is 284 g/mol. The predicted octanol–water partition coefficient (Wildman–Crippen LogP) is 1.82. The third-order valence-corrected chi connectivity index (χ3v) is 3.36. The summed E-state index contributed by atoms with van der Waals surface area (Å²) in [6.07, 6.45) is 2.57. The highest BCUT2D eigenvalue weighted by Gasteiger charge is 2.21. The largest absolute Gasteiger partial charge is 0.459 e. The molecule has 17 heavy (non-hydrogen) atoms. The molecule has 0 radical (unpaired) electrons. The highest BCUT2D eigenvalue weighted by molar-refractivity contribution is 9.09. The second kappa shape index (κ2) is 6.21. The summed E-state index contributed by atoms with van der Waals surface area (Å²) in [7, 11) is 0. The van der Waals surface area contributed by atoms with Crippen LogP contribution < -0.4 is 0 Å². The summed E-state index contributed by atoms with van der Waals surface area (Å²) < 4.78 is 5.15. The van der Waals surface area contributed by atoms with Crippen LogP contribution in [0, 0.1) is 0 Å². The van der Waals surface area contributed by atoms with Gasteiger partial charge in [0.2, 0.25) is 0 Å². The van der Waals surface area contributed by atoms with Gasteiger partial charge in [-0.1, -0.05) is 15.9 Å². The van der Waals surface area contributed by atoms with Crippen molar-refractivity contribution in [1.29, 1.82) is 0 Å². The Morgan fingerprint density at radius 3 is 2.94 bits per heavy atom. The molecule has 4 nitrogen and oxygen atoms in total. The molecule has 2 heterocycles. The first kappa shape index (κ1) is 12.6. The SMILES string of the molecule is O=C(c1ccco1)N1CCCN(CCBr)CC1. The zero-order chi connectivity index (χ0) is 12.1. The maximum absolute atomic E-state index is 12.1. The average molecular weight is 301 g/mol. The number of nitrogens with zero attached hydrogens (tertiary/aromatic N) is 2. The summed E-state index contributed by atoms with van der Waals surface area (Å²) >= 11 is 3.45. The van der Waals surface area contributed by atoms with E-state index in [2.05, 4.69) is 20.8 Å². The molecule has 0 aliphatic carbocycles. The minimum atomic E-state index is 0.00990. The van der Waals surface area contributed by atoms with Crippen LogP contribution in [0.2, 0.25) is 0 Å². The number of furan rings is 1. The van der Waals surface area contributed by atoms with Crippen molar-refractivity contribution in [1.82, 2.24) is 9.80 Å². The van der Waals surface area contributed by atoms with Crippen LogP contribution in [0.3, 0.4) is 0 Å². The molecule has 5 heteroatoms. The number of halogens is 1. The Labute approximate surface area is 110 Å². The molecular formula is C12H17BrN2O2. The number of carbonyl (C=O) groups is 1. The van der Waals surface area contributed by atoms with E-state index in [1.54, 1.807) is 18.4 Å². The molecule has 0 spiro atoms. The fraction of sp³-hybridized carbons (Fsp3) is 0.583. The molecule has 0 N–H and O–H groups in total. The van der Waals surface area contributed by atoms with E-state index in [1.807, 2.05) is 4.90 Å². The summed E-state index contributed by atoms with van der Waals surface area (Å²) in [5.41, 5.74) is 0. The van der Waals surface area contributed by atoms with Crippen molar-refractivity contribution in [3.8, 4) is 0 Å². The Hall–Kier alpha value is -0.810. The first-order chi connectivity index (χ1) is 8.31. The van der Waals surface area contributed by atoms with Crippen LogP contribution in [0.25, 0.3) is 0 Å². The Balaban J connectivity index is 1.92. The topological polar surface area (TPSA) is 36.7 Å². The molecule has 94 valence electrons. The van der Waals surface area contributed by atoms with Gasteiger partial charge in [-0.3, -0.25) is 4.79 Å². The molecule has 0 saturated carbocycles. The Morgan fingerprint density at radius 1 is 1.35 bits per heavy atom. The molecule has 1 aromatic heterocycles. The van der Waals surface area contributed by atoms with E-state index in [4.69, 9.17) is 4.42 Å². The molecule has 2 rings (SSSR count). The smallest absolute Gasteiger partial charge is 0.289 e. The first-order valence-electron chi connectivity index (χ1n) is 5.92. The molecule has 1 saturated heterocycles. The van der Waals surface area contributed by atoms with Gasteiger partial charge in [0.05, 0.1) is 6.26 Å². The van der Waals surface area contributed by atoms with Gasteiger partial charge in [-0.2, -0.15) is 0 Å². The maximum atomic E-state index is 12.1. The molecule has 0 unspecified atom stereocenters. The van der Waals surface area contributed by atoms with E-state index in [9.17, 15) is 4.79 Å². The van der Waals surface area contributed by atoms with Crippen LogP contribution in [0.4, 0.5) is 0 Å². The van der Waals surface area contributed by atoms with Crippen LogP contribution in [0.1, 0.15) is 17.0 Å². The molecule has 1 aromatic rings. The van der Waals surface area contributed by atoms with Crippen molar-refractivity contribution < 1.29 is 9.21 Å². The standard InChI is InChI=1S/C12H17BrN2O2/c13-4-7-14-5-2-6-15(9-8-14)12(16)11-3-1-10-17-11/h1,3,10H,2,4-9H2. The number of alkyl halides is 1. The van der Waals surface area contributed by atoms with Gasteiger partial charge >= 0.3 is 0 Å². The second-order valence-corrected chi connectivity index (χ2v) is 4.95. The van der Waals surface area contributed by atoms with Crippen molar-refractivity contribution in [3.05, 3.63) is 24.2 Å². The Bertz CT molecular complexity index is 353. The van der Waals surface area contributed by atoms with Crippen LogP contribution in [-0.2, 0) is 0 Å². The molecule has 0 atom stereocenters. The number of hydrogen-bond acceptors (Lipinski definition) is 3. The number of hydrogen-bond donors (Lipinski definition) is 0. The summed E-state index contributed by atoms with van der Waals surface area (Å²) in [5, 5.41) is 0.985. The first-order valence-corrected chi connectivity index (χ1v) is 7.04. The summed E-state index contributed by atoms with van der Waals surface area (Å²) in [6, 6.07) is 3.48. The minimum absolute atomic E-state index is 0.00990. The lowest BCUT2D eigenvalue weighted by Crippen LogP contribution is -2.35. The normalized spacial score (nSPS) is 18.1. The van der Waals surface area contributed by atoms with Gasteiger partial charge in [0.15, 0.2) is 5.76 Å². The van der Waals surface area contributed by atoms with Crippen LogP contribution in [-0.4, -0.2) is 53.8 Å². The fourth-order valence-electron chi connectivity index (χ4n) is 2.07. The summed E-state index contributed by atoms with van der Waals surface area (Å²) in [5.74, 6) is 0.453. The maximum Gasteiger partial charge on any atom is 0.289 e. The fourth-order valence-corrected chi connectivity index (χ4v) is 2.57. The van der Waals surface area contributed by atoms with E-state index >= 15 is 0 Å². The Morgan fingerprint density at radius 2 is 2.24 bits per heavy atom. The van der Waals surface area contributed by atoms with Gasteiger partial charge in [-0.15, -0.1) is 0 Å². The van der Waals surface area contributed by atoms with Gasteiger partial charge in [0.1, 0.15) is 0 Å². The summed E-state index contributed by atoms with van der Waals surface area (Å²) in [6.45, 7) is 4.65. The van der Waals surface area contributed by atoms with E-state index in [0.717, 1.165) is 44.5 Å². The second-order valence-electron chi connectivity index (χ2n) is 4.15. The van der Waals surface area contributed by atoms with Crippen molar-refractivity contribution in [2.24, 2.45) is 0 Å². The Kier molecular flexibility index (Phi) is 4.62. The third-order valence-electron chi connectivity index (χ3n) is 3.01.